The van der Waals surface area contributed by atoms with Crippen molar-refractivity contribution >= 4 is 10.5 Å². The average Bonchev–Trinajstić information content (AvgIpc) is 2.03. The molecule has 13 heavy (non-hydrogen) atoms. The molecule has 1 rings (SSSR count). The molecule has 1 aromatic carbocycles. The Labute approximate surface area is 78.3 Å². The Kier molecular flexibility index (Phi) is 3.15. The largest absolute Gasteiger partial charge is 0.380 e. The van der Waals surface area contributed by atoms with Crippen molar-refractivity contribution in [2.24, 2.45) is 0 Å². The summed E-state index contributed by atoms with van der Waals surface area (Å²) in [6.07, 6.45) is -0.131. The third kappa shape index (κ3) is 3.23. The minimum absolute atomic E-state index is 0.131. The van der Waals surface area contributed by atoms with Gasteiger partial charge in [0.15, 0.2) is 10.5 Å². The van der Waals surface area contributed by atoms with Crippen LogP contribution in [0.5, 0.6) is 0 Å². The molecule has 72 valence electrons. The molecular weight excluding hydrogens is 191 g/mol. The van der Waals surface area contributed by atoms with E-state index in [2.05, 4.69) is 4.43 Å². The summed E-state index contributed by atoms with van der Waals surface area (Å²) in [7, 11) is 0.213. The molecule has 0 saturated heterocycles. The minimum Gasteiger partial charge on any atom is -0.380 e. The molecule has 0 heterocycles. The maximum Gasteiger partial charge on any atom is 0.271 e. The summed E-state index contributed by atoms with van der Waals surface area (Å²) in [5.41, 5.74) is 0.487. The zero-order valence-electron chi connectivity index (χ0n) is 7.20. The van der Waals surface area contributed by atoms with E-state index in [1.54, 1.807) is 6.07 Å². The molecule has 0 radical (unpaired) electrons. The number of benzene rings is 1. The number of rotatable bonds is 3. The molecule has 0 bridgehead atoms. The zero-order valence-corrected chi connectivity index (χ0v) is 9.20. The zero-order chi connectivity index (χ0) is 9.90. The summed E-state index contributed by atoms with van der Waals surface area (Å²) in [6, 6.07) is 5.64. The van der Waals surface area contributed by atoms with Gasteiger partial charge in [0, 0.05) is 0 Å². The van der Waals surface area contributed by atoms with Gasteiger partial charge < -0.3 is 14.6 Å². The van der Waals surface area contributed by atoms with Gasteiger partial charge in [0.25, 0.3) is 5.97 Å². The van der Waals surface area contributed by atoms with Crippen LogP contribution in [0.2, 0.25) is 0 Å². The molecule has 0 aliphatic heterocycles. The van der Waals surface area contributed by atoms with Gasteiger partial charge in [0.05, 0.1) is 6.42 Å². The van der Waals surface area contributed by atoms with Gasteiger partial charge in [-0.05, 0) is 17.7 Å². The Morgan fingerprint density at radius 3 is 2.69 bits per heavy atom. The highest BCUT2D eigenvalue weighted by molar-refractivity contribution is 5.98. The summed E-state index contributed by atoms with van der Waals surface area (Å²) < 4.78 is 17.2. The third-order valence-electron chi connectivity index (χ3n) is 1.65. The molecule has 2 N–H and O–H groups in total. The van der Waals surface area contributed by atoms with Gasteiger partial charge in [-0.3, -0.25) is 0 Å². The third-order valence-corrected chi connectivity index (χ3v) is 2.30. The van der Waals surface area contributed by atoms with E-state index in [0.29, 0.717) is 5.56 Å². The maximum atomic E-state index is 12.7. The predicted molar refractivity (Wildman–Crippen MR) is 48.3 cm³/mol. The fourth-order valence-electron chi connectivity index (χ4n) is 0.985. The lowest BCUT2D eigenvalue weighted by Crippen LogP contribution is -2.33. The molecule has 0 aliphatic carbocycles. The molecule has 0 amide bonds. The highest BCUT2D eigenvalue weighted by Gasteiger charge is 2.21. The molecule has 0 fully saturated rings. The lowest BCUT2D eigenvalue weighted by Gasteiger charge is -2.19. The van der Waals surface area contributed by atoms with Gasteiger partial charge in [-0.2, -0.15) is 0 Å². The second-order valence-corrected chi connectivity index (χ2v) is 3.16. The van der Waals surface area contributed by atoms with Crippen molar-refractivity contribution in [2.45, 2.75) is 12.4 Å². The van der Waals surface area contributed by atoms with Crippen LogP contribution in [0.3, 0.4) is 0 Å². The number of hydrogen-bond donors (Lipinski definition) is 2. The highest BCUT2D eigenvalue weighted by atomic mass is 28.2. The smallest absolute Gasteiger partial charge is 0.271 e. The lowest BCUT2D eigenvalue weighted by atomic mass is 10.1. The van der Waals surface area contributed by atoms with E-state index < -0.39 is 11.8 Å². The highest BCUT2D eigenvalue weighted by Crippen LogP contribution is 2.12. The molecule has 0 aliphatic rings. The molecule has 0 unspecified atom stereocenters. The molecule has 1 aromatic rings. The second kappa shape index (κ2) is 3.97. The quantitative estimate of drug-likeness (QED) is 0.503. The van der Waals surface area contributed by atoms with Crippen LogP contribution < -0.4 is 0 Å². The molecule has 0 saturated carbocycles. The van der Waals surface area contributed by atoms with Crippen molar-refractivity contribution < 1.29 is 19.0 Å². The van der Waals surface area contributed by atoms with Crippen LogP contribution in [0.15, 0.2) is 24.3 Å². The van der Waals surface area contributed by atoms with Crippen molar-refractivity contribution in [3.63, 3.8) is 0 Å². The first kappa shape index (κ1) is 10.3. The van der Waals surface area contributed by atoms with E-state index in [4.69, 9.17) is 10.2 Å². The van der Waals surface area contributed by atoms with Crippen LogP contribution in [0, 0.1) is 5.82 Å². The van der Waals surface area contributed by atoms with Crippen molar-refractivity contribution in [3.05, 3.63) is 35.6 Å². The normalized spacial score (nSPS) is 11.9. The monoisotopic (exact) mass is 202 g/mol. The first-order valence-electron chi connectivity index (χ1n) is 3.78. The number of aliphatic hydroxyl groups is 2. The SMILES string of the molecule is OC(O)(Cc1cccc(F)c1)O[SiH3]. The van der Waals surface area contributed by atoms with Gasteiger partial charge >= 0.3 is 0 Å². The van der Waals surface area contributed by atoms with E-state index in [-0.39, 0.29) is 16.9 Å². The van der Waals surface area contributed by atoms with Gasteiger partial charge in [0.2, 0.25) is 0 Å². The standard InChI is InChI=1S/C8H11FO3Si/c9-7-3-1-2-6(4-7)5-8(10,11)12-13/h1-4,10-11H,5H2,13H3. The molecule has 0 spiro atoms. The lowest BCUT2D eigenvalue weighted by molar-refractivity contribution is -0.289. The van der Waals surface area contributed by atoms with E-state index in [9.17, 15) is 4.39 Å². The van der Waals surface area contributed by atoms with Crippen molar-refractivity contribution in [3.8, 4) is 0 Å². The van der Waals surface area contributed by atoms with Crippen LogP contribution in [-0.4, -0.2) is 26.7 Å². The van der Waals surface area contributed by atoms with E-state index in [0.717, 1.165) is 0 Å². The summed E-state index contributed by atoms with van der Waals surface area (Å²) >= 11 is 0. The Hall–Kier alpha value is -0.753. The van der Waals surface area contributed by atoms with Crippen molar-refractivity contribution in [1.29, 1.82) is 0 Å². The van der Waals surface area contributed by atoms with Crippen molar-refractivity contribution in [2.75, 3.05) is 0 Å². The summed E-state index contributed by atoms with van der Waals surface area (Å²) in [6.45, 7) is 0. The number of halogens is 1. The molecule has 5 heteroatoms. The van der Waals surface area contributed by atoms with E-state index in [1.165, 1.54) is 18.2 Å². The minimum atomic E-state index is -2.17. The van der Waals surface area contributed by atoms with Gasteiger partial charge in [-0.15, -0.1) is 0 Å². The Bertz CT molecular complexity index is 290. The maximum absolute atomic E-state index is 12.7. The summed E-state index contributed by atoms with van der Waals surface area (Å²) in [4.78, 5) is 0. The van der Waals surface area contributed by atoms with Crippen LogP contribution >= 0.6 is 0 Å². The van der Waals surface area contributed by atoms with Crippen LogP contribution in [-0.2, 0) is 10.8 Å². The van der Waals surface area contributed by atoms with E-state index in [1.807, 2.05) is 0 Å². The molecule has 3 nitrogen and oxygen atoms in total. The second-order valence-electron chi connectivity index (χ2n) is 2.75. The Morgan fingerprint density at radius 2 is 2.15 bits per heavy atom. The van der Waals surface area contributed by atoms with Crippen molar-refractivity contribution in [1.82, 2.24) is 0 Å². The van der Waals surface area contributed by atoms with Crippen LogP contribution in [0.4, 0.5) is 4.39 Å². The summed E-state index contributed by atoms with van der Waals surface area (Å²) in [5, 5.41) is 18.2. The summed E-state index contributed by atoms with van der Waals surface area (Å²) in [5.74, 6) is -2.57. The fourth-order valence-corrected chi connectivity index (χ4v) is 1.13. The Morgan fingerprint density at radius 1 is 1.46 bits per heavy atom. The fraction of sp³-hybridized carbons (Fsp3) is 0.250. The van der Waals surface area contributed by atoms with Gasteiger partial charge in [-0.1, -0.05) is 12.1 Å². The van der Waals surface area contributed by atoms with E-state index >= 15 is 0 Å². The van der Waals surface area contributed by atoms with Gasteiger partial charge in [-0.25, -0.2) is 4.39 Å². The van der Waals surface area contributed by atoms with Gasteiger partial charge in [0.1, 0.15) is 5.82 Å². The number of hydrogen-bond acceptors (Lipinski definition) is 3. The topological polar surface area (TPSA) is 49.7 Å². The predicted octanol–water partition coefficient (Wildman–Crippen LogP) is -0.696. The molecular formula is C8H11FO3Si. The van der Waals surface area contributed by atoms with Crippen LogP contribution in [0.25, 0.3) is 0 Å². The first-order valence-corrected chi connectivity index (χ1v) is 4.59. The molecule has 0 atom stereocenters. The first-order chi connectivity index (χ1) is 6.03. The Balaban J connectivity index is 2.74. The molecule has 0 aromatic heterocycles. The van der Waals surface area contributed by atoms with Crippen LogP contribution in [0.1, 0.15) is 5.56 Å². The average molecular weight is 202 g/mol.